The van der Waals surface area contributed by atoms with Crippen LogP contribution in [-0.4, -0.2) is 38.7 Å². The van der Waals surface area contributed by atoms with Gasteiger partial charge in [0, 0.05) is 24.5 Å². The zero-order valence-electron chi connectivity index (χ0n) is 16.3. The van der Waals surface area contributed by atoms with Crippen LogP contribution >= 0.6 is 11.6 Å². The van der Waals surface area contributed by atoms with Gasteiger partial charge in [-0.05, 0) is 49.2 Å². The summed E-state index contributed by atoms with van der Waals surface area (Å²) in [6.45, 7) is 1.36. The molecule has 1 saturated heterocycles. The Morgan fingerprint density at radius 1 is 1.23 bits per heavy atom. The predicted octanol–water partition coefficient (Wildman–Crippen LogP) is 3.09. The van der Waals surface area contributed by atoms with E-state index in [2.05, 4.69) is 15.2 Å². The number of amides is 2. The Hall–Kier alpha value is -3.16. The molecule has 0 aliphatic carbocycles. The Morgan fingerprint density at radius 3 is 2.87 bits per heavy atom. The van der Waals surface area contributed by atoms with Crippen molar-refractivity contribution in [2.24, 2.45) is 5.73 Å². The van der Waals surface area contributed by atoms with Crippen LogP contribution in [0.2, 0.25) is 5.15 Å². The van der Waals surface area contributed by atoms with Gasteiger partial charge in [-0.15, -0.1) is 0 Å². The van der Waals surface area contributed by atoms with Crippen LogP contribution in [0.25, 0.3) is 11.7 Å². The van der Waals surface area contributed by atoms with E-state index in [1.165, 1.54) is 6.08 Å². The van der Waals surface area contributed by atoms with Crippen LogP contribution in [0, 0.1) is 0 Å². The van der Waals surface area contributed by atoms with E-state index in [1.807, 2.05) is 53.1 Å². The number of hydrogen-bond acceptors (Lipinski definition) is 4. The Bertz CT molecular complexity index is 1120. The number of nitrogens with one attached hydrogen (secondary N) is 1. The molecule has 3 N–H and O–H groups in total. The summed E-state index contributed by atoms with van der Waals surface area (Å²) in [5.74, 6) is -0.584. The normalized spacial score (nSPS) is 17.0. The van der Waals surface area contributed by atoms with Gasteiger partial charge in [-0.2, -0.15) is 0 Å². The molecular formula is C22H22ClN5O2. The predicted molar refractivity (Wildman–Crippen MR) is 117 cm³/mol. The number of carbonyl (C=O) groups excluding carboxylic acids is 2. The van der Waals surface area contributed by atoms with E-state index in [9.17, 15) is 9.59 Å². The number of anilines is 1. The molecule has 2 amide bonds. The Kier molecular flexibility index (Phi) is 5.83. The minimum atomic E-state index is -0.304. The van der Waals surface area contributed by atoms with E-state index in [0.29, 0.717) is 28.7 Å². The number of imidazole rings is 1. The number of halogens is 1. The molecule has 1 aliphatic heterocycles. The third-order valence-electron chi connectivity index (χ3n) is 5.26. The van der Waals surface area contributed by atoms with Crippen LogP contribution < -0.4 is 11.1 Å². The average molecular weight is 424 g/mol. The zero-order valence-corrected chi connectivity index (χ0v) is 17.0. The summed E-state index contributed by atoms with van der Waals surface area (Å²) in [7, 11) is 0. The summed E-state index contributed by atoms with van der Waals surface area (Å²) in [6, 6.07) is 12.9. The van der Waals surface area contributed by atoms with Crippen molar-refractivity contribution in [3.63, 3.8) is 0 Å². The van der Waals surface area contributed by atoms with E-state index in [4.69, 9.17) is 17.3 Å². The van der Waals surface area contributed by atoms with Gasteiger partial charge in [0.15, 0.2) is 5.15 Å². The molecule has 2 aromatic heterocycles. The summed E-state index contributed by atoms with van der Waals surface area (Å²) in [5.41, 5.74) is 8.50. The van der Waals surface area contributed by atoms with Crippen molar-refractivity contribution in [1.29, 1.82) is 0 Å². The van der Waals surface area contributed by atoms with Gasteiger partial charge in [0.05, 0.1) is 11.7 Å². The van der Waals surface area contributed by atoms with E-state index >= 15 is 0 Å². The Labute approximate surface area is 179 Å². The maximum Gasteiger partial charge on any atom is 0.248 e. The Balaban J connectivity index is 1.49. The largest absolute Gasteiger partial charge is 0.368 e. The molecule has 3 aromatic rings. The maximum absolute atomic E-state index is 12.6. The highest BCUT2D eigenvalue weighted by Gasteiger charge is 2.29. The number of aromatic nitrogens is 2. The number of carbonyl (C=O) groups is 2. The molecule has 8 heteroatoms. The first-order valence-corrected chi connectivity index (χ1v) is 10.1. The van der Waals surface area contributed by atoms with Crippen molar-refractivity contribution in [2.45, 2.75) is 25.4 Å². The smallest absolute Gasteiger partial charge is 0.248 e. The third kappa shape index (κ3) is 4.22. The molecule has 30 heavy (non-hydrogen) atoms. The molecule has 1 aliphatic rings. The van der Waals surface area contributed by atoms with Gasteiger partial charge in [0.2, 0.25) is 11.8 Å². The maximum atomic E-state index is 12.6. The highest BCUT2D eigenvalue weighted by atomic mass is 35.5. The lowest BCUT2D eigenvalue weighted by Gasteiger charge is -2.23. The standard InChI is InChI=1S/C22H22ClN5O2/c23-21-17(28-13-4-3-9-19(28)26-21)10-11-20(29)25-16-7-2-1-6-15(16)14-27-12-5-8-18(27)22(24)30/h1-4,6-7,9-11,13,18H,5,8,12,14H2,(H2,24,30)(H,25,29)/b11-10+. The molecule has 0 radical (unpaired) electrons. The van der Waals surface area contributed by atoms with Crippen LogP contribution in [0.3, 0.4) is 0 Å². The number of para-hydroxylation sites is 1. The highest BCUT2D eigenvalue weighted by molar-refractivity contribution is 6.31. The second kappa shape index (κ2) is 8.69. The van der Waals surface area contributed by atoms with Gasteiger partial charge >= 0.3 is 0 Å². The summed E-state index contributed by atoms with van der Waals surface area (Å²) in [4.78, 5) is 30.6. The first kappa shape index (κ1) is 20.1. The van der Waals surface area contributed by atoms with E-state index in [1.54, 1.807) is 6.08 Å². The van der Waals surface area contributed by atoms with Crippen molar-refractivity contribution in [1.82, 2.24) is 14.3 Å². The Morgan fingerprint density at radius 2 is 2.03 bits per heavy atom. The lowest BCUT2D eigenvalue weighted by Crippen LogP contribution is -2.39. The fourth-order valence-corrected chi connectivity index (χ4v) is 4.04. The van der Waals surface area contributed by atoms with Crippen LogP contribution in [0.15, 0.2) is 54.7 Å². The summed E-state index contributed by atoms with van der Waals surface area (Å²) < 4.78 is 1.82. The molecule has 0 bridgehead atoms. The number of rotatable bonds is 6. The van der Waals surface area contributed by atoms with Crippen LogP contribution in [0.1, 0.15) is 24.1 Å². The first-order valence-electron chi connectivity index (χ1n) is 9.76. The molecule has 1 unspecified atom stereocenters. The lowest BCUT2D eigenvalue weighted by atomic mass is 10.1. The molecule has 1 aromatic carbocycles. The molecule has 1 atom stereocenters. The highest BCUT2D eigenvalue weighted by Crippen LogP contribution is 2.24. The van der Waals surface area contributed by atoms with E-state index < -0.39 is 0 Å². The van der Waals surface area contributed by atoms with E-state index in [-0.39, 0.29) is 17.9 Å². The van der Waals surface area contributed by atoms with Crippen molar-refractivity contribution in [3.05, 3.63) is 71.1 Å². The quantitative estimate of drug-likeness (QED) is 0.596. The number of nitrogens with two attached hydrogens (primary N) is 1. The van der Waals surface area contributed by atoms with Crippen LogP contribution in [-0.2, 0) is 16.1 Å². The average Bonchev–Trinajstić information content (AvgIpc) is 3.31. The van der Waals surface area contributed by atoms with Crippen molar-refractivity contribution in [3.8, 4) is 0 Å². The number of nitrogens with zero attached hydrogens (tertiary/aromatic N) is 3. The number of pyridine rings is 1. The second-order valence-corrected chi connectivity index (χ2v) is 7.59. The van der Waals surface area contributed by atoms with E-state index in [0.717, 1.165) is 24.9 Å². The molecule has 7 nitrogen and oxygen atoms in total. The molecule has 154 valence electrons. The fraction of sp³-hybridized carbons (Fsp3) is 0.227. The van der Waals surface area contributed by atoms with Crippen molar-refractivity contribution >= 4 is 40.8 Å². The van der Waals surface area contributed by atoms with Gasteiger partial charge in [-0.3, -0.25) is 18.9 Å². The lowest BCUT2D eigenvalue weighted by molar-refractivity contribution is -0.122. The summed E-state index contributed by atoms with van der Waals surface area (Å²) >= 11 is 6.21. The SMILES string of the molecule is NC(=O)C1CCCN1Cc1ccccc1NC(=O)/C=C/c1c(Cl)nc2ccccn12. The number of hydrogen-bond donors (Lipinski definition) is 2. The van der Waals surface area contributed by atoms with Crippen LogP contribution in [0.5, 0.6) is 0 Å². The van der Waals surface area contributed by atoms with Crippen molar-refractivity contribution in [2.75, 3.05) is 11.9 Å². The molecule has 1 fully saturated rings. The minimum absolute atomic E-state index is 0.258. The monoisotopic (exact) mass is 423 g/mol. The minimum Gasteiger partial charge on any atom is -0.368 e. The number of likely N-dealkylation sites (tertiary alicyclic amines) is 1. The second-order valence-electron chi connectivity index (χ2n) is 7.23. The molecular weight excluding hydrogens is 402 g/mol. The van der Waals surface area contributed by atoms with Gasteiger partial charge in [-0.25, -0.2) is 4.98 Å². The fourth-order valence-electron chi connectivity index (χ4n) is 3.80. The van der Waals surface area contributed by atoms with Gasteiger partial charge < -0.3 is 11.1 Å². The third-order valence-corrected chi connectivity index (χ3v) is 5.53. The first-order chi connectivity index (χ1) is 14.5. The topological polar surface area (TPSA) is 92.7 Å². The van der Waals surface area contributed by atoms with Gasteiger partial charge in [-0.1, -0.05) is 35.9 Å². The molecule has 0 saturated carbocycles. The van der Waals surface area contributed by atoms with Crippen LogP contribution in [0.4, 0.5) is 5.69 Å². The summed E-state index contributed by atoms with van der Waals surface area (Å²) in [5, 5.41) is 3.25. The molecule has 3 heterocycles. The molecule has 4 rings (SSSR count). The number of benzene rings is 1. The summed E-state index contributed by atoms with van der Waals surface area (Å²) in [6.07, 6.45) is 6.62. The van der Waals surface area contributed by atoms with Gasteiger partial charge in [0.1, 0.15) is 5.65 Å². The molecule has 0 spiro atoms. The number of primary amides is 1. The zero-order chi connectivity index (χ0) is 21.1. The van der Waals surface area contributed by atoms with Crippen molar-refractivity contribution < 1.29 is 9.59 Å². The van der Waals surface area contributed by atoms with Gasteiger partial charge in [0.25, 0.3) is 0 Å². The number of fused-ring (bicyclic) bond motifs is 1.